The molecule has 1 aliphatic heterocycles. The molecule has 4 bridgehead atoms. The first kappa shape index (κ1) is 21.5. The van der Waals surface area contributed by atoms with Crippen molar-refractivity contribution in [3.05, 3.63) is 46.9 Å². The second kappa shape index (κ2) is 6.13. The Hall–Kier alpha value is -1.77. The van der Waals surface area contributed by atoms with Crippen molar-refractivity contribution in [3.63, 3.8) is 0 Å². The number of allylic oxidation sites excluding steroid dienone is 3. The number of pyridine rings is 1. The molecule has 1 spiro atoms. The van der Waals surface area contributed by atoms with Gasteiger partial charge in [0.2, 0.25) is 0 Å². The number of rotatable bonds is 1. The van der Waals surface area contributed by atoms with Gasteiger partial charge in [-0.3, -0.25) is 9.98 Å². The second-order valence-electron chi connectivity index (χ2n) is 11.0. The number of alkyl halides is 6. The van der Waals surface area contributed by atoms with Crippen LogP contribution in [-0.2, 0) is 0 Å². The molecule has 0 amide bonds. The molecule has 2 nitrogen and oxygen atoms in total. The van der Waals surface area contributed by atoms with Crippen molar-refractivity contribution in [2.24, 2.45) is 34.1 Å². The first-order chi connectivity index (χ1) is 16.0. The molecule has 1 aromatic rings. The maximum atomic E-state index is 15.7. The zero-order valence-electron chi connectivity index (χ0n) is 18.3. The van der Waals surface area contributed by atoms with Crippen LogP contribution in [0.5, 0.6) is 0 Å². The van der Waals surface area contributed by atoms with Crippen LogP contribution < -0.4 is 0 Å². The number of aromatic nitrogens is 1. The molecule has 8 rings (SSSR count). The molecule has 5 fully saturated rings. The standard InChI is InChI=1S/C25H22F6N2S/c1-21-20(33-11-34-21)19-18(23(26,27)25(30,31)24(19,28)29)17(14-2-4-32-5-3-14)22(21)15-7-12-6-13(9-15)10-16(22)8-12/h2-5,11-13,15-16H,6-10H2,1H3. The van der Waals surface area contributed by atoms with Gasteiger partial charge in [0.1, 0.15) is 0 Å². The highest BCUT2D eigenvalue weighted by molar-refractivity contribution is 8.13. The number of halogens is 6. The van der Waals surface area contributed by atoms with Gasteiger partial charge < -0.3 is 0 Å². The van der Waals surface area contributed by atoms with E-state index in [4.69, 9.17) is 0 Å². The van der Waals surface area contributed by atoms with Gasteiger partial charge in [-0.1, -0.05) is 0 Å². The van der Waals surface area contributed by atoms with E-state index in [1.165, 1.54) is 41.8 Å². The quantitative estimate of drug-likeness (QED) is 0.391. The summed E-state index contributed by atoms with van der Waals surface area (Å²) in [5, 5.41) is 0. The molecule has 0 saturated heterocycles. The number of thioether (sulfide) groups is 1. The van der Waals surface area contributed by atoms with Crippen LogP contribution in [0.1, 0.15) is 44.6 Å². The lowest BCUT2D eigenvalue weighted by Gasteiger charge is -2.68. The average Bonchev–Trinajstić information content (AvgIpc) is 3.21. The van der Waals surface area contributed by atoms with E-state index >= 15 is 17.6 Å². The minimum Gasteiger partial charge on any atom is -0.265 e. The summed E-state index contributed by atoms with van der Waals surface area (Å²) in [7, 11) is 0. The van der Waals surface area contributed by atoms with Gasteiger partial charge >= 0.3 is 17.8 Å². The predicted octanol–water partition coefficient (Wildman–Crippen LogP) is 7.00. The monoisotopic (exact) mass is 496 g/mol. The van der Waals surface area contributed by atoms with Crippen LogP contribution in [-0.4, -0.2) is 33.0 Å². The Morgan fingerprint density at radius 2 is 1.35 bits per heavy atom. The SMILES string of the molecule is CC12SC=NC1=C1C(=C(c3ccncc3)C23C2CC4CC(C2)CC3C4)C(F)(F)C(F)(F)C1(F)F. The fourth-order valence-electron chi connectivity index (χ4n) is 8.80. The molecule has 1 atom stereocenters. The van der Waals surface area contributed by atoms with Crippen molar-refractivity contribution >= 4 is 22.9 Å². The molecular weight excluding hydrogens is 474 g/mol. The van der Waals surface area contributed by atoms with Crippen molar-refractivity contribution in [2.75, 3.05) is 0 Å². The van der Waals surface area contributed by atoms with Gasteiger partial charge in [0, 0.05) is 23.4 Å². The van der Waals surface area contributed by atoms with E-state index in [9.17, 15) is 8.78 Å². The molecule has 7 aliphatic rings. The van der Waals surface area contributed by atoms with Crippen LogP contribution in [0.2, 0.25) is 0 Å². The number of hydrogen-bond acceptors (Lipinski definition) is 3. The van der Waals surface area contributed by atoms with Crippen LogP contribution in [0.25, 0.3) is 5.57 Å². The molecule has 2 heterocycles. The molecule has 1 unspecified atom stereocenters. The van der Waals surface area contributed by atoms with Gasteiger partial charge in [-0.25, -0.2) is 0 Å². The summed E-state index contributed by atoms with van der Waals surface area (Å²) in [4.78, 5) is 8.14. The predicted molar refractivity (Wildman–Crippen MR) is 117 cm³/mol. The lowest BCUT2D eigenvalue weighted by molar-refractivity contribution is -0.258. The van der Waals surface area contributed by atoms with Gasteiger partial charge in [0.15, 0.2) is 0 Å². The topological polar surface area (TPSA) is 25.2 Å². The van der Waals surface area contributed by atoms with Crippen molar-refractivity contribution in [2.45, 2.75) is 61.5 Å². The van der Waals surface area contributed by atoms with Gasteiger partial charge in [-0.15, -0.1) is 11.8 Å². The average molecular weight is 497 g/mol. The van der Waals surface area contributed by atoms with Crippen LogP contribution in [0, 0.1) is 29.1 Å². The third-order valence-corrected chi connectivity index (χ3v) is 10.9. The summed E-state index contributed by atoms with van der Waals surface area (Å²) in [5.41, 5.74) is -2.05. The molecule has 0 radical (unpaired) electrons. The van der Waals surface area contributed by atoms with Crippen LogP contribution in [0.15, 0.2) is 46.4 Å². The number of hydrogen-bond donors (Lipinski definition) is 0. The zero-order chi connectivity index (χ0) is 23.9. The Morgan fingerprint density at radius 1 is 0.794 bits per heavy atom. The van der Waals surface area contributed by atoms with E-state index < -0.39 is 39.1 Å². The zero-order valence-corrected chi connectivity index (χ0v) is 19.1. The number of nitrogens with zero attached hydrogens (tertiary/aromatic N) is 2. The first-order valence-corrected chi connectivity index (χ1v) is 12.6. The summed E-state index contributed by atoms with van der Waals surface area (Å²) < 4.78 is 90.8. The fraction of sp³-hybridized carbons (Fsp3) is 0.600. The van der Waals surface area contributed by atoms with Crippen molar-refractivity contribution in [1.29, 1.82) is 0 Å². The third kappa shape index (κ3) is 2.05. The van der Waals surface area contributed by atoms with Gasteiger partial charge in [0.25, 0.3) is 0 Å². The highest BCUT2D eigenvalue weighted by Gasteiger charge is 2.85. The molecule has 180 valence electrons. The van der Waals surface area contributed by atoms with Gasteiger partial charge in [0.05, 0.1) is 21.6 Å². The Labute approximate surface area is 197 Å². The first-order valence-electron chi connectivity index (χ1n) is 11.7. The lowest BCUT2D eigenvalue weighted by atomic mass is 9.38. The Morgan fingerprint density at radius 3 is 1.94 bits per heavy atom. The summed E-state index contributed by atoms with van der Waals surface area (Å²) >= 11 is 1.23. The lowest BCUT2D eigenvalue weighted by Crippen LogP contribution is -2.63. The Kier molecular flexibility index (Phi) is 3.88. The molecule has 34 heavy (non-hydrogen) atoms. The smallest absolute Gasteiger partial charge is 0.265 e. The molecule has 9 heteroatoms. The summed E-state index contributed by atoms with van der Waals surface area (Å²) in [6, 6.07) is 3.01. The highest BCUT2D eigenvalue weighted by atomic mass is 32.2. The second-order valence-corrected chi connectivity index (χ2v) is 12.3. The van der Waals surface area contributed by atoms with Crippen LogP contribution in [0.3, 0.4) is 0 Å². The molecular formula is C25H22F6N2S. The van der Waals surface area contributed by atoms with E-state index in [0.29, 0.717) is 11.8 Å². The van der Waals surface area contributed by atoms with Crippen molar-refractivity contribution < 1.29 is 26.3 Å². The minimum absolute atomic E-state index is 0.00944. The van der Waals surface area contributed by atoms with Crippen molar-refractivity contribution in [1.82, 2.24) is 4.98 Å². The van der Waals surface area contributed by atoms with Crippen LogP contribution >= 0.6 is 11.8 Å². The molecule has 1 aromatic heterocycles. The van der Waals surface area contributed by atoms with E-state index in [-0.39, 0.29) is 28.7 Å². The minimum atomic E-state index is -5.54. The number of aliphatic imine (C=N–C) groups is 1. The molecule has 0 aromatic carbocycles. The molecule has 6 aliphatic carbocycles. The Balaban J connectivity index is 1.66. The summed E-state index contributed by atoms with van der Waals surface area (Å²) in [5.74, 6) is -14.8. The summed E-state index contributed by atoms with van der Waals surface area (Å²) in [6.45, 7) is 1.78. The third-order valence-electron chi connectivity index (χ3n) is 9.67. The van der Waals surface area contributed by atoms with E-state index in [0.717, 1.165) is 32.1 Å². The highest BCUT2D eigenvalue weighted by Crippen LogP contribution is 2.79. The normalized spacial score (nSPS) is 44.2. The van der Waals surface area contributed by atoms with Crippen LogP contribution in [0.4, 0.5) is 26.3 Å². The fourth-order valence-corrected chi connectivity index (χ4v) is 10.1. The maximum absolute atomic E-state index is 15.7. The molecule has 5 saturated carbocycles. The van der Waals surface area contributed by atoms with Gasteiger partial charge in [-0.2, -0.15) is 26.3 Å². The molecule has 0 N–H and O–H groups in total. The van der Waals surface area contributed by atoms with Crippen molar-refractivity contribution in [3.8, 4) is 0 Å². The summed E-state index contributed by atoms with van der Waals surface area (Å²) in [6.07, 6.45) is 7.12. The van der Waals surface area contributed by atoms with E-state index in [2.05, 4.69) is 9.98 Å². The number of fused-ring (bicyclic) bond motifs is 2. The largest absolute Gasteiger partial charge is 0.380 e. The van der Waals surface area contributed by atoms with E-state index in [1.54, 1.807) is 6.92 Å². The van der Waals surface area contributed by atoms with E-state index in [1.807, 2.05) is 0 Å². The maximum Gasteiger partial charge on any atom is 0.380 e. The van der Waals surface area contributed by atoms with Gasteiger partial charge in [-0.05, 0) is 86.0 Å². The Bertz CT molecular complexity index is 1180.